The number of hydrogen-bond acceptors (Lipinski definition) is 5. The zero-order valence-corrected chi connectivity index (χ0v) is 14.5. The smallest absolute Gasteiger partial charge is 0.408 e. The minimum Gasteiger partial charge on any atom is -0.444 e. The first-order chi connectivity index (χ1) is 11.0. The second kappa shape index (κ2) is 7.84. The summed E-state index contributed by atoms with van der Waals surface area (Å²) in [6.07, 6.45) is 4.12. The average molecular weight is 352 g/mol. The number of hydrogen-bond donors (Lipinski definition) is 2. The lowest BCUT2D eigenvalue weighted by Gasteiger charge is -2.22. The highest BCUT2D eigenvalue weighted by Gasteiger charge is 2.27. The van der Waals surface area contributed by atoms with Crippen LogP contribution in [0.25, 0.3) is 0 Å². The highest BCUT2D eigenvalue weighted by Crippen LogP contribution is 2.09. The Kier molecular flexibility index (Phi) is 6.37. The Balaban J connectivity index is 2.84. The number of benzene rings is 1. The van der Waals surface area contributed by atoms with Gasteiger partial charge >= 0.3 is 6.09 Å². The molecule has 0 aliphatic carbocycles. The summed E-state index contributed by atoms with van der Waals surface area (Å²) in [5.41, 5.74) is -0.767. The Bertz CT molecular complexity index is 730. The van der Waals surface area contributed by atoms with E-state index in [9.17, 15) is 18.0 Å². The lowest BCUT2D eigenvalue weighted by atomic mass is 10.2. The van der Waals surface area contributed by atoms with Crippen LogP contribution in [0.4, 0.5) is 4.79 Å². The number of ether oxygens (including phenoxy) is 1. The monoisotopic (exact) mass is 352 g/mol. The van der Waals surface area contributed by atoms with Gasteiger partial charge in [-0.2, -0.15) is 0 Å². The van der Waals surface area contributed by atoms with Gasteiger partial charge in [0.15, 0.2) is 0 Å². The Labute approximate surface area is 141 Å². The van der Waals surface area contributed by atoms with E-state index in [-0.39, 0.29) is 11.3 Å². The fourth-order valence-electron chi connectivity index (χ4n) is 1.64. The van der Waals surface area contributed by atoms with Gasteiger partial charge in [-0.15, -0.1) is 12.3 Å². The van der Waals surface area contributed by atoms with Gasteiger partial charge in [0.1, 0.15) is 11.6 Å². The van der Waals surface area contributed by atoms with Crippen LogP contribution in [0.15, 0.2) is 35.2 Å². The standard InChI is InChI=1S/C16H20N2O5S/c1-5-9-13(17-15(20)23-16(2,3)4)14(19)18-24(21,22)12-10-7-6-8-11-12/h1,6-8,10-11,13H,9H2,2-4H3,(H,17,20)(H,18,19)/t13-/m0/s1. The van der Waals surface area contributed by atoms with E-state index in [2.05, 4.69) is 11.2 Å². The van der Waals surface area contributed by atoms with Crippen molar-refractivity contribution in [1.82, 2.24) is 10.0 Å². The third-order valence-corrected chi connectivity index (χ3v) is 3.98. The van der Waals surface area contributed by atoms with Gasteiger partial charge in [-0.25, -0.2) is 17.9 Å². The minimum absolute atomic E-state index is 0.0740. The molecule has 0 saturated carbocycles. The number of carbonyl (C=O) groups is 2. The molecule has 0 heterocycles. The third-order valence-electron chi connectivity index (χ3n) is 2.62. The van der Waals surface area contributed by atoms with E-state index in [4.69, 9.17) is 11.2 Å². The fraction of sp³-hybridized carbons (Fsp3) is 0.375. The number of alkyl carbamates (subject to hydrolysis) is 1. The summed E-state index contributed by atoms with van der Waals surface area (Å²) in [6, 6.07) is 6.14. The molecule has 7 nitrogen and oxygen atoms in total. The van der Waals surface area contributed by atoms with Gasteiger partial charge in [-0.05, 0) is 32.9 Å². The maximum Gasteiger partial charge on any atom is 0.408 e. The van der Waals surface area contributed by atoms with Gasteiger partial charge in [0.2, 0.25) is 0 Å². The first-order valence-corrected chi connectivity index (χ1v) is 8.58. The van der Waals surface area contributed by atoms with E-state index in [1.807, 2.05) is 4.72 Å². The summed E-state index contributed by atoms with van der Waals surface area (Å²) >= 11 is 0. The topological polar surface area (TPSA) is 102 Å². The molecule has 1 rings (SSSR count). The van der Waals surface area contributed by atoms with Crippen molar-refractivity contribution in [3.05, 3.63) is 30.3 Å². The Morgan fingerprint density at radius 1 is 1.25 bits per heavy atom. The van der Waals surface area contributed by atoms with Crippen molar-refractivity contribution in [2.45, 2.75) is 43.7 Å². The zero-order chi connectivity index (χ0) is 18.4. The molecule has 0 unspecified atom stereocenters. The average Bonchev–Trinajstić information content (AvgIpc) is 2.45. The number of amides is 2. The number of nitrogens with one attached hydrogen (secondary N) is 2. The van der Waals surface area contributed by atoms with Crippen LogP contribution in [0.2, 0.25) is 0 Å². The van der Waals surface area contributed by atoms with E-state index in [0.717, 1.165) is 0 Å². The SMILES string of the molecule is C#CC[C@H](NC(=O)OC(C)(C)C)C(=O)NS(=O)(=O)c1ccccc1. The molecule has 0 aromatic heterocycles. The molecule has 2 N–H and O–H groups in total. The summed E-state index contributed by atoms with van der Waals surface area (Å²) in [5.74, 6) is 1.27. The van der Waals surface area contributed by atoms with Crippen LogP contribution in [0.1, 0.15) is 27.2 Å². The highest BCUT2D eigenvalue weighted by atomic mass is 32.2. The number of carbonyl (C=O) groups excluding carboxylic acids is 2. The Morgan fingerprint density at radius 2 is 1.83 bits per heavy atom. The van der Waals surface area contributed by atoms with Crippen LogP contribution in [0, 0.1) is 12.3 Å². The summed E-state index contributed by atoms with van der Waals surface area (Å²) < 4.78 is 31.2. The maximum absolute atomic E-state index is 12.2. The summed E-state index contributed by atoms with van der Waals surface area (Å²) in [6.45, 7) is 4.97. The van der Waals surface area contributed by atoms with Gasteiger partial charge in [-0.1, -0.05) is 18.2 Å². The van der Waals surface area contributed by atoms with Crippen molar-refractivity contribution in [1.29, 1.82) is 0 Å². The molecule has 0 spiro atoms. The molecule has 130 valence electrons. The van der Waals surface area contributed by atoms with E-state index >= 15 is 0 Å². The maximum atomic E-state index is 12.2. The highest BCUT2D eigenvalue weighted by molar-refractivity contribution is 7.90. The summed E-state index contributed by atoms with van der Waals surface area (Å²) in [4.78, 5) is 23.8. The van der Waals surface area contributed by atoms with Crippen LogP contribution < -0.4 is 10.0 Å². The molecule has 1 aromatic carbocycles. The van der Waals surface area contributed by atoms with Gasteiger partial charge in [0.25, 0.3) is 15.9 Å². The second-order valence-electron chi connectivity index (χ2n) is 5.89. The van der Waals surface area contributed by atoms with Crippen molar-refractivity contribution in [3.8, 4) is 12.3 Å². The number of terminal acetylenes is 1. The van der Waals surface area contributed by atoms with Gasteiger partial charge in [0.05, 0.1) is 4.90 Å². The fourth-order valence-corrected chi connectivity index (χ4v) is 2.68. The molecular weight excluding hydrogens is 332 g/mol. The van der Waals surface area contributed by atoms with Crippen LogP contribution in [-0.2, 0) is 19.6 Å². The molecule has 2 amide bonds. The lowest BCUT2D eigenvalue weighted by Crippen LogP contribution is -2.49. The van der Waals surface area contributed by atoms with Gasteiger partial charge in [-0.3, -0.25) is 4.79 Å². The third kappa shape index (κ3) is 6.30. The molecule has 0 fully saturated rings. The molecule has 0 radical (unpaired) electrons. The normalized spacial score (nSPS) is 12.6. The molecular formula is C16H20N2O5S. The van der Waals surface area contributed by atoms with Crippen LogP contribution in [0.3, 0.4) is 0 Å². The zero-order valence-electron chi connectivity index (χ0n) is 13.7. The van der Waals surface area contributed by atoms with Crippen molar-refractivity contribution in [3.63, 3.8) is 0 Å². The van der Waals surface area contributed by atoms with E-state index in [0.29, 0.717) is 0 Å². The molecule has 0 aliphatic rings. The van der Waals surface area contributed by atoms with Gasteiger partial charge in [0, 0.05) is 6.42 Å². The van der Waals surface area contributed by atoms with Crippen molar-refractivity contribution < 1.29 is 22.7 Å². The van der Waals surface area contributed by atoms with E-state index in [1.165, 1.54) is 24.3 Å². The molecule has 0 bridgehead atoms. The van der Waals surface area contributed by atoms with Crippen LogP contribution in [0.5, 0.6) is 0 Å². The minimum atomic E-state index is -4.05. The molecule has 1 atom stereocenters. The molecule has 1 aromatic rings. The van der Waals surface area contributed by atoms with E-state index in [1.54, 1.807) is 26.8 Å². The van der Waals surface area contributed by atoms with Gasteiger partial charge < -0.3 is 10.1 Å². The predicted molar refractivity (Wildman–Crippen MR) is 88.4 cm³/mol. The quantitative estimate of drug-likeness (QED) is 0.780. The molecule has 24 heavy (non-hydrogen) atoms. The van der Waals surface area contributed by atoms with Crippen molar-refractivity contribution in [2.75, 3.05) is 0 Å². The molecule has 8 heteroatoms. The lowest BCUT2D eigenvalue weighted by molar-refractivity contribution is -0.121. The Hall–Kier alpha value is -2.53. The Morgan fingerprint density at radius 3 is 2.33 bits per heavy atom. The van der Waals surface area contributed by atoms with Crippen molar-refractivity contribution >= 4 is 22.0 Å². The summed E-state index contributed by atoms with van der Waals surface area (Å²) in [5, 5.41) is 2.27. The first kappa shape index (κ1) is 19.5. The largest absolute Gasteiger partial charge is 0.444 e. The van der Waals surface area contributed by atoms with Crippen molar-refractivity contribution in [2.24, 2.45) is 0 Å². The second-order valence-corrected chi connectivity index (χ2v) is 7.57. The van der Waals surface area contributed by atoms with Crippen LogP contribution >= 0.6 is 0 Å². The number of rotatable bonds is 5. The van der Waals surface area contributed by atoms with Crippen LogP contribution in [-0.4, -0.2) is 32.1 Å². The summed E-state index contributed by atoms with van der Waals surface area (Å²) in [7, 11) is -4.05. The number of sulfonamides is 1. The molecule has 0 aliphatic heterocycles. The molecule has 0 saturated heterocycles. The van der Waals surface area contributed by atoms with E-state index < -0.39 is 33.7 Å². The predicted octanol–water partition coefficient (Wildman–Crippen LogP) is 1.41. The first-order valence-electron chi connectivity index (χ1n) is 7.10.